The molecule has 0 aromatic heterocycles. The zero-order valence-electron chi connectivity index (χ0n) is 7.66. The topological polar surface area (TPSA) is 0 Å². The van der Waals surface area contributed by atoms with Crippen LogP contribution < -0.4 is 0 Å². The van der Waals surface area contributed by atoms with E-state index < -0.39 is 0 Å². The van der Waals surface area contributed by atoms with Crippen LogP contribution in [-0.4, -0.2) is 0 Å². The summed E-state index contributed by atoms with van der Waals surface area (Å²) in [7, 11) is 0. The molecule has 0 saturated carbocycles. The molecule has 0 heterocycles. The number of hydrogen-bond acceptors (Lipinski definition) is 0. The lowest BCUT2D eigenvalue weighted by molar-refractivity contribution is 0.649. The average molecular weight is 160 g/mol. The first-order valence-electron chi connectivity index (χ1n) is 4.49. The van der Waals surface area contributed by atoms with E-state index in [1.807, 2.05) is 6.08 Å². The third-order valence-electron chi connectivity index (χ3n) is 2.13. The lowest BCUT2D eigenvalue weighted by Gasteiger charge is -2.04. The van der Waals surface area contributed by atoms with Crippen molar-refractivity contribution in [3.8, 4) is 0 Å². The van der Waals surface area contributed by atoms with Crippen LogP contribution in [0.1, 0.15) is 18.9 Å². The maximum atomic E-state index is 3.77. The van der Waals surface area contributed by atoms with E-state index in [-0.39, 0.29) is 0 Å². The van der Waals surface area contributed by atoms with Crippen molar-refractivity contribution in [2.45, 2.75) is 19.8 Å². The van der Waals surface area contributed by atoms with Crippen molar-refractivity contribution in [2.24, 2.45) is 5.92 Å². The van der Waals surface area contributed by atoms with E-state index >= 15 is 0 Å². The van der Waals surface area contributed by atoms with Gasteiger partial charge in [0.25, 0.3) is 0 Å². The zero-order chi connectivity index (χ0) is 8.81. The lowest BCUT2D eigenvalue weighted by atomic mass is 10.0. The van der Waals surface area contributed by atoms with Crippen LogP contribution in [0.4, 0.5) is 0 Å². The number of benzene rings is 1. The van der Waals surface area contributed by atoms with Gasteiger partial charge in [0.2, 0.25) is 0 Å². The number of aryl methyl sites for hydroxylation is 1. The lowest BCUT2D eigenvalue weighted by Crippen LogP contribution is -1.92. The van der Waals surface area contributed by atoms with Gasteiger partial charge in [-0.1, -0.05) is 43.3 Å². The first-order chi connectivity index (χ1) is 5.83. The van der Waals surface area contributed by atoms with Crippen LogP contribution in [0.2, 0.25) is 0 Å². The molecule has 0 amide bonds. The van der Waals surface area contributed by atoms with Gasteiger partial charge in [0.15, 0.2) is 0 Å². The Kier molecular flexibility index (Phi) is 3.59. The molecule has 0 radical (unpaired) electrons. The van der Waals surface area contributed by atoms with Crippen molar-refractivity contribution in [2.75, 3.05) is 0 Å². The summed E-state index contributed by atoms with van der Waals surface area (Å²) in [6.45, 7) is 5.98. The molecule has 1 atom stereocenters. The van der Waals surface area contributed by atoms with E-state index in [0.717, 1.165) is 6.42 Å². The summed E-state index contributed by atoms with van der Waals surface area (Å²) in [5.74, 6) is 0.630. The van der Waals surface area contributed by atoms with Crippen LogP contribution in [0.15, 0.2) is 43.0 Å². The molecule has 0 aliphatic heterocycles. The Bertz CT molecular complexity index is 223. The second-order valence-electron chi connectivity index (χ2n) is 3.24. The molecule has 1 rings (SSSR count). The maximum absolute atomic E-state index is 3.77. The molecule has 0 saturated heterocycles. The predicted molar refractivity (Wildman–Crippen MR) is 54.1 cm³/mol. The maximum Gasteiger partial charge on any atom is -0.0261 e. The average Bonchev–Trinajstić information content (AvgIpc) is 2.16. The number of hydrogen-bond donors (Lipinski definition) is 0. The largest absolute Gasteiger partial charge is 0.103 e. The van der Waals surface area contributed by atoms with Gasteiger partial charge in [-0.25, -0.2) is 0 Å². The molecule has 0 fully saturated rings. The molecular weight excluding hydrogens is 144 g/mol. The van der Waals surface area contributed by atoms with Crippen molar-refractivity contribution >= 4 is 0 Å². The van der Waals surface area contributed by atoms with Gasteiger partial charge < -0.3 is 0 Å². The Hall–Kier alpha value is -1.04. The van der Waals surface area contributed by atoms with Crippen LogP contribution in [0, 0.1) is 5.92 Å². The highest BCUT2D eigenvalue weighted by Crippen LogP contribution is 2.09. The molecule has 0 N–H and O–H groups in total. The summed E-state index contributed by atoms with van der Waals surface area (Å²) in [5, 5.41) is 0. The van der Waals surface area contributed by atoms with Crippen LogP contribution >= 0.6 is 0 Å². The van der Waals surface area contributed by atoms with E-state index in [9.17, 15) is 0 Å². The third kappa shape index (κ3) is 2.91. The van der Waals surface area contributed by atoms with Crippen LogP contribution in [0.3, 0.4) is 0 Å². The number of rotatable bonds is 4. The Morgan fingerprint density at radius 1 is 1.33 bits per heavy atom. The molecule has 0 aliphatic rings. The second kappa shape index (κ2) is 4.76. The molecule has 1 aromatic carbocycles. The van der Waals surface area contributed by atoms with Crippen molar-refractivity contribution in [3.63, 3.8) is 0 Å². The summed E-state index contributed by atoms with van der Waals surface area (Å²) in [6.07, 6.45) is 4.38. The van der Waals surface area contributed by atoms with Crippen molar-refractivity contribution in [3.05, 3.63) is 48.6 Å². The van der Waals surface area contributed by atoms with Crippen LogP contribution in [-0.2, 0) is 6.42 Å². The second-order valence-corrected chi connectivity index (χ2v) is 3.24. The van der Waals surface area contributed by atoms with E-state index in [0.29, 0.717) is 5.92 Å². The van der Waals surface area contributed by atoms with Crippen molar-refractivity contribution in [1.82, 2.24) is 0 Å². The van der Waals surface area contributed by atoms with E-state index in [1.165, 1.54) is 12.0 Å². The van der Waals surface area contributed by atoms with Gasteiger partial charge in [-0.2, -0.15) is 0 Å². The van der Waals surface area contributed by atoms with Gasteiger partial charge in [0.05, 0.1) is 0 Å². The fourth-order valence-electron chi connectivity index (χ4n) is 1.16. The van der Waals surface area contributed by atoms with Gasteiger partial charge in [0.1, 0.15) is 0 Å². The first kappa shape index (κ1) is 9.05. The van der Waals surface area contributed by atoms with E-state index in [1.54, 1.807) is 0 Å². The molecule has 1 unspecified atom stereocenters. The van der Waals surface area contributed by atoms with Gasteiger partial charge in [-0.3, -0.25) is 0 Å². The smallest absolute Gasteiger partial charge is 0.0261 e. The summed E-state index contributed by atoms with van der Waals surface area (Å²) >= 11 is 0. The third-order valence-corrected chi connectivity index (χ3v) is 2.13. The van der Waals surface area contributed by atoms with E-state index in [2.05, 4.69) is 43.8 Å². The van der Waals surface area contributed by atoms with Crippen LogP contribution in [0.5, 0.6) is 0 Å². The Morgan fingerprint density at radius 3 is 2.58 bits per heavy atom. The SMILES string of the molecule is C=CC(C)CCc1ccccc1. The fraction of sp³-hybridized carbons (Fsp3) is 0.333. The Morgan fingerprint density at radius 2 is 2.00 bits per heavy atom. The highest BCUT2D eigenvalue weighted by Gasteiger charge is 1.96. The van der Waals surface area contributed by atoms with Crippen molar-refractivity contribution in [1.29, 1.82) is 0 Å². The zero-order valence-corrected chi connectivity index (χ0v) is 7.66. The molecule has 0 heteroatoms. The predicted octanol–water partition coefficient (Wildman–Crippen LogP) is 3.44. The molecule has 64 valence electrons. The molecule has 12 heavy (non-hydrogen) atoms. The van der Waals surface area contributed by atoms with Gasteiger partial charge in [-0.15, -0.1) is 6.58 Å². The molecule has 0 nitrogen and oxygen atoms in total. The summed E-state index contributed by atoms with van der Waals surface area (Å²) in [5.41, 5.74) is 1.42. The van der Waals surface area contributed by atoms with Gasteiger partial charge in [0, 0.05) is 0 Å². The minimum Gasteiger partial charge on any atom is -0.103 e. The Balaban J connectivity index is 2.38. The standard InChI is InChI=1S/C12H16/c1-3-11(2)9-10-12-7-5-4-6-8-12/h3-8,11H,1,9-10H2,2H3. The molecule has 1 aromatic rings. The number of allylic oxidation sites excluding steroid dienone is 1. The molecular formula is C12H16. The van der Waals surface area contributed by atoms with Crippen LogP contribution in [0.25, 0.3) is 0 Å². The van der Waals surface area contributed by atoms with Crippen molar-refractivity contribution < 1.29 is 0 Å². The normalized spacial score (nSPS) is 12.4. The van der Waals surface area contributed by atoms with E-state index in [4.69, 9.17) is 0 Å². The highest BCUT2D eigenvalue weighted by atomic mass is 14.0. The molecule has 0 bridgehead atoms. The Labute approximate surface area is 74.9 Å². The van der Waals surface area contributed by atoms with Gasteiger partial charge in [-0.05, 0) is 24.3 Å². The summed E-state index contributed by atoms with van der Waals surface area (Å²) in [6, 6.07) is 10.6. The highest BCUT2D eigenvalue weighted by molar-refractivity contribution is 5.14. The first-order valence-corrected chi connectivity index (χ1v) is 4.49. The molecule has 0 aliphatic carbocycles. The van der Waals surface area contributed by atoms with Gasteiger partial charge >= 0.3 is 0 Å². The molecule has 0 spiro atoms. The summed E-state index contributed by atoms with van der Waals surface area (Å²) < 4.78 is 0. The minimum absolute atomic E-state index is 0.630. The monoisotopic (exact) mass is 160 g/mol. The quantitative estimate of drug-likeness (QED) is 0.592. The summed E-state index contributed by atoms with van der Waals surface area (Å²) in [4.78, 5) is 0. The fourth-order valence-corrected chi connectivity index (χ4v) is 1.16. The minimum atomic E-state index is 0.630.